The molecule has 0 bridgehead atoms. The molecule has 2 aliphatic rings. The SMILES string of the molecule is COCc1nc(SCC2=C(C(=O)O)N3C(=O)C(NC(=O)C(N)c4ccc(O)cc4)[C@@H]3SC2)n(C(N)=O)n1. The molecular formula is C21H23N7O7S2. The van der Waals surface area contributed by atoms with Crippen LogP contribution in [0.1, 0.15) is 17.4 Å². The number of aliphatic carboxylic acids is 1. The number of carbonyl (C=O) groups excluding carboxylic acids is 3. The number of thioether (sulfide) groups is 2. The second-order valence-corrected chi connectivity index (χ2v) is 10.1. The van der Waals surface area contributed by atoms with E-state index in [0.29, 0.717) is 11.1 Å². The number of primary amides is 1. The lowest BCUT2D eigenvalue weighted by Gasteiger charge is -2.49. The number of nitrogens with two attached hydrogens (primary N) is 2. The van der Waals surface area contributed by atoms with Gasteiger partial charge in [0.05, 0.1) is 0 Å². The highest BCUT2D eigenvalue weighted by molar-refractivity contribution is 8.01. The molecule has 0 spiro atoms. The van der Waals surface area contributed by atoms with E-state index in [9.17, 15) is 29.4 Å². The van der Waals surface area contributed by atoms with Gasteiger partial charge >= 0.3 is 12.0 Å². The van der Waals surface area contributed by atoms with Crippen molar-refractivity contribution in [2.24, 2.45) is 11.5 Å². The largest absolute Gasteiger partial charge is 0.508 e. The van der Waals surface area contributed by atoms with Crippen LogP contribution >= 0.6 is 23.5 Å². The van der Waals surface area contributed by atoms with Gasteiger partial charge in [-0.3, -0.25) is 14.5 Å². The number of benzene rings is 1. The lowest BCUT2D eigenvalue weighted by molar-refractivity contribution is -0.150. The number of phenols is 1. The van der Waals surface area contributed by atoms with Crippen LogP contribution in [0, 0.1) is 0 Å². The first-order chi connectivity index (χ1) is 17.6. The summed E-state index contributed by atoms with van der Waals surface area (Å²) >= 11 is 2.34. The van der Waals surface area contributed by atoms with Gasteiger partial charge in [-0.25, -0.2) is 14.6 Å². The molecule has 0 radical (unpaired) electrons. The standard InChI is InChI=1S/C21H23N7O7S2/c1-35-6-12-24-21(28(26-12)20(23)34)37-8-10-7-36-18-14(17(31)27(18)15(10)19(32)33)25-16(30)13(22)9-2-4-11(29)5-3-9/h2-5,13-14,18,29H,6-8,22H2,1H3,(H2,23,34)(H,25,30)(H,32,33)/t13?,14?,18-/m0/s1. The molecule has 14 nitrogen and oxygen atoms in total. The lowest BCUT2D eigenvalue weighted by atomic mass is 10.0. The molecule has 16 heteroatoms. The van der Waals surface area contributed by atoms with Crippen molar-refractivity contribution >= 4 is 47.3 Å². The highest BCUT2D eigenvalue weighted by atomic mass is 32.2. The average Bonchev–Trinajstić information content (AvgIpc) is 3.28. The summed E-state index contributed by atoms with van der Waals surface area (Å²) in [4.78, 5) is 54.7. The zero-order valence-electron chi connectivity index (χ0n) is 19.4. The maximum atomic E-state index is 12.9. The Hall–Kier alpha value is -3.60. The van der Waals surface area contributed by atoms with E-state index in [2.05, 4.69) is 15.4 Å². The number of nitrogens with zero attached hydrogens (tertiary/aromatic N) is 4. The van der Waals surface area contributed by atoms with E-state index in [4.69, 9.17) is 16.2 Å². The zero-order valence-corrected chi connectivity index (χ0v) is 21.0. The Balaban J connectivity index is 1.47. The molecule has 1 aromatic carbocycles. The summed E-state index contributed by atoms with van der Waals surface area (Å²) in [6, 6.07) is 2.89. The molecule has 2 aromatic rings. The van der Waals surface area contributed by atoms with Crippen LogP contribution in [0.5, 0.6) is 5.75 Å². The van der Waals surface area contributed by atoms with Crippen molar-refractivity contribution in [1.82, 2.24) is 25.0 Å². The van der Waals surface area contributed by atoms with Gasteiger partial charge in [-0.05, 0) is 23.3 Å². The summed E-state index contributed by atoms with van der Waals surface area (Å²) in [6.07, 6.45) is 0. The van der Waals surface area contributed by atoms with Crippen LogP contribution in [0.2, 0.25) is 0 Å². The van der Waals surface area contributed by atoms with Crippen molar-refractivity contribution in [3.8, 4) is 5.75 Å². The summed E-state index contributed by atoms with van der Waals surface area (Å²) in [7, 11) is 1.44. The third-order valence-corrected chi connectivity index (χ3v) is 7.92. The number of ether oxygens (including phenoxy) is 1. The predicted octanol–water partition coefficient (Wildman–Crippen LogP) is -0.412. The van der Waals surface area contributed by atoms with Crippen LogP contribution in [-0.2, 0) is 25.7 Å². The summed E-state index contributed by atoms with van der Waals surface area (Å²) in [5.41, 5.74) is 12.0. The van der Waals surface area contributed by atoms with Crippen LogP contribution < -0.4 is 16.8 Å². The number of rotatable bonds is 9. The number of methoxy groups -OCH3 is 1. The van der Waals surface area contributed by atoms with Crippen LogP contribution in [0.15, 0.2) is 40.7 Å². The molecule has 3 heterocycles. The molecule has 37 heavy (non-hydrogen) atoms. The molecule has 4 rings (SSSR count). The summed E-state index contributed by atoms with van der Waals surface area (Å²) in [6.45, 7) is 0.0558. The second kappa shape index (κ2) is 10.8. The van der Waals surface area contributed by atoms with Crippen molar-refractivity contribution in [1.29, 1.82) is 0 Å². The smallest absolute Gasteiger partial charge is 0.352 e. The number of β-lactam (4-membered cyclic amide) rings is 1. The van der Waals surface area contributed by atoms with Crippen LogP contribution in [0.25, 0.3) is 0 Å². The average molecular weight is 550 g/mol. The number of phenolic OH excluding ortho intramolecular Hbond substituents is 1. The van der Waals surface area contributed by atoms with Gasteiger partial charge < -0.3 is 31.7 Å². The Kier molecular flexibility index (Phi) is 7.72. The fraction of sp³-hybridized carbons (Fsp3) is 0.333. The van der Waals surface area contributed by atoms with E-state index < -0.39 is 41.3 Å². The van der Waals surface area contributed by atoms with Crippen LogP contribution in [-0.4, -0.2) is 83.7 Å². The molecule has 1 saturated heterocycles. The van der Waals surface area contributed by atoms with Crippen molar-refractivity contribution < 1.29 is 34.1 Å². The molecule has 0 saturated carbocycles. The topological polar surface area (TPSA) is 216 Å². The number of carboxylic acid groups (broad SMARTS) is 1. The first-order valence-corrected chi connectivity index (χ1v) is 12.8. The van der Waals surface area contributed by atoms with E-state index in [-0.39, 0.29) is 40.5 Å². The quantitative estimate of drug-likeness (QED) is 0.199. The Morgan fingerprint density at radius 3 is 2.65 bits per heavy atom. The van der Waals surface area contributed by atoms with Gasteiger partial charge in [-0.1, -0.05) is 23.9 Å². The van der Waals surface area contributed by atoms with Gasteiger partial charge in [-0.15, -0.1) is 16.9 Å². The minimum Gasteiger partial charge on any atom is -0.508 e. The second-order valence-electron chi connectivity index (χ2n) is 8.00. The molecule has 3 amide bonds. The third kappa shape index (κ3) is 5.27. The number of amides is 3. The van der Waals surface area contributed by atoms with Crippen molar-refractivity contribution in [2.75, 3.05) is 18.6 Å². The molecule has 1 aromatic heterocycles. The van der Waals surface area contributed by atoms with Crippen LogP contribution in [0.4, 0.5) is 4.79 Å². The number of carbonyl (C=O) groups is 4. The van der Waals surface area contributed by atoms with Gasteiger partial charge in [0.25, 0.3) is 5.91 Å². The number of nitrogens with one attached hydrogen (secondary N) is 1. The normalized spacial score (nSPS) is 19.7. The minimum absolute atomic E-state index is 0.0204. The monoisotopic (exact) mass is 549 g/mol. The molecule has 1 fully saturated rings. The maximum Gasteiger partial charge on any atom is 0.352 e. The number of hydrogen-bond donors (Lipinski definition) is 5. The molecule has 2 aliphatic heterocycles. The molecule has 196 valence electrons. The van der Waals surface area contributed by atoms with Gasteiger partial charge in [-0.2, -0.15) is 4.68 Å². The highest BCUT2D eigenvalue weighted by Gasteiger charge is 2.54. The molecule has 3 atom stereocenters. The Morgan fingerprint density at radius 1 is 1.32 bits per heavy atom. The van der Waals surface area contributed by atoms with Gasteiger partial charge in [0.15, 0.2) is 11.0 Å². The predicted molar refractivity (Wildman–Crippen MR) is 131 cm³/mol. The molecule has 0 aliphatic carbocycles. The van der Waals surface area contributed by atoms with E-state index in [0.717, 1.165) is 21.3 Å². The third-order valence-electron chi connectivity index (χ3n) is 5.56. The molecule has 2 unspecified atom stereocenters. The summed E-state index contributed by atoms with van der Waals surface area (Å²) in [5, 5.41) is 25.4. The summed E-state index contributed by atoms with van der Waals surface area (Å²) < 4.78 is 5.86. The Bertz CT molecular complexity index is 1280. The lowest BCUT2D eigenvalue weighted by Crippen LogP contribution is -2.71. The maximum absolute atomic E-state index is 12.9. The number of hydrogen-bond acceptors (Lipinski definition) is 11. The number of aromatic nitrogens is 3. The first-order valence-electron chi connectivity index (χ1n) is 10.7. The van der Waals surface area contributed by atoms with Crippen molar-refractivity contribution in [2.45, 2.75) is 29.2 Å². The summed E-state index contributed by atoms with van der Waals surface area (Å²) in [5.74, 6) is -1.86. The van der Waals surface area contributed by atoms with Crippen molar-refractivity contribution in [3.63, 3.8) is 0 Å². The minimum atomic E-state index is -1.30. The molecular weight excluding hydrogens is 526 g/mol. The fourth-order valence-corrected chi connectivity index (χ4v) is 6.23. The Labute approximate surface area is 218 Å². The number of carboxylic acids is 1. The first kappa shape index (κ1) is 26.5. The van der Waals surface area contributed by atoms with Gasteiger partial charge in [0, 0.05) is 18.6 Å². The van der Waals surface area contributed by atoms with Gasteiger partial charge in [0.2, 0.25) is 5.91 Å². The fourth-order valence-electron chi connectivity index (χ4n) is 3.79. The van der Waals surface area contributed by atoms with E-state index >= 15 is 0 Å². The Morgan fingerprint density at radius 2 is 2.03 bits per heavy atom. The van der Waals surface area contributed by atoms with Crippen LogP contribution in [0.3, 0.4) is 0 Å². The molecule has 7 N–H and O–H groups in total. The van der Waals surface area contributed by atoms with E-state index in [1.807, 2.05) is 0 Å². The van der Waals surface area contributed by atoms with Crippen molar-refractivity contribution in [3.05, 3.63) is 46.9 Å². The highest BCUT2D eigenvalue weighted by Crippen LogP contribution is 2.41. The zero-order chi connectivity index (χ0) is 26.9. The van der Waals surface area contributed by atoms with E-state index in [1.54, 1.807) is 0 Å². The number of aromatic hydroxyl groups is 1. The van der Waals surface area contributed by atoms with E-state index in [1.165, 1.54) is 43.1 Å². The number of fused-ring (bicyclic) bond motifs is 1. The van der Waals surface area contributed by atoms with Gasteiger partial charge in [0.1, 0.15) is 35.5 Å².